The highest BCUT2D eigenvalue weighted by molar-refractivity contribution is 8.76. The normalized spacial score (nSPS) is 20.4. The molecule has 1 unspecified atom stereocenters. The summed E-state index contributed by atoms with van der Waals surface area (Å²) in [4.78, 5) is 156. The molecule has 79 heavy (non-hydrogen) atoms. The van der Waals surface area contributed by atoms with Crippen molar-refractivity contribution < 1.29 is 72.7 Å². The number of aliphatic carboxylic acids is 3. The van der Waals surface area contributed by atoms with Gasteiger partial charge in [0.1, 0.15) is 30.8 Å². The van der Waals surface area contributed by atoms with Crippen molar-refractivity contribution in [2.45, 2.75) is 74.7 Å². The van der Waals surface area contributed by atoms with Gasteiger partial charge in [-0.05, 0) is 37.6 Å². The maximum atomic E-state index is 14.0. The number of piperazine rings is 1. The number of aromatic amines is 1. The molecule has 3 aliphatic heterocycles. The minimum atomic E-state index is -1.82. The van der Waals surface area contributed by atoms with Gasteiger partial charge in [-0.3, -0.25) is 43.3 Å². The molecule has 0 bridgehead atoms. The maximum absolute atomic E-state index is 14.0. The van der Waals surface area contributed by atoms with Crippen LogP contribution >= 0.6 is 21.6 Å². The van der Waals surface area contributed by atoms with E-state index < -0.39 is 126 Å². The van der Waals surface area contributed by atoms with Crippen LogP contribution in [0.4, 0.5) is 16.4 Å². The van der Waals surface area contributed by atoms with Crippen molar-refractivity contribution >= 4 is 104 Å². The van der Waals surface area contributed by atoms with E-state index in [0.29, 0.717) is 17.9 Å². The number of ketones is 2. The zero-order valence-corrected chi connectivity index (χ0v) is 43.6. The number of primary amides is 1. The van der Waals surface area contributed by atoms with E-state index in [1.54, 1.807) is 4.90 Å². The lowest BCUT2D eigenvalue weighted by Gasteiger charge is -2.39. The lowest BCUT2D eigenvalue weighted by Crippen LogP contribution is -2.57. The van der Waals surface area contributed by atoms with Crippen LogP contribution in [0.15, 0.2) is 57.8 Å². The molecule has 422 valence electrons. The zero-order chi connectivity index (χ0) is 57.5. The van der Waals surface area contributed by atoms with Crippen molar-refractivity contribution in [1.29, 1.82) is 0 Å². The topological polar surface area (TPSA) is 497 Å². The quantitative estimate of drug-likeness (QED) is 0.0144. The number of nitrogens with one attached hydrogen (secondary N) is 8. The number of nitrogens with zero attached hydrogens (tertiary/aromatic N) is 4. The molecule has 33 heteroatoms. The average Bonchev–Trinajstić information content (AvgIpc) is 3.78. The van der Waals surface area contributed by atoms with Gasteiger partial charge >= 0.3 is 24.0 Å². The Bertz CT molecular complexity index is 3100. The molecule has 0 radical (unpaired) electrons. The Hall–Kier alpha value is -8.40. The van der Waals surface area contributed by atoms with Crippen LogP contribution < -0.4 is 60.0 Å². The molecule has 2 aromatic heterocycles. The number of Topliss-reactive ketones (excluding diaryl/α,β-unsaturated/α-hetero) is 2. The number of methoxy groups -OCH3 is 1. The number of carboxylic acid groups (broad SMARTS) is 3. The van der Waals surface area contributed by atoms with Gasteiger partial charge < -0.3 is 84.1 Å². The molecule has 0 saturated carbocycles. The van der Waals surface area contributed by atoms with Crippen molar-refractivity contribution in [1.82, 2.24) is 56.7 Å². The van der Waals surface area contributed by atoms with Gasteiger partial charge in [0.2, 0.25) is 35.2 Å². The minimum Gasteiger partial charge on any atom is -0.481 e. The van der Waals surface area contributed by atoms with Gasteiger partial charge in [-0.25, -0.2) is 24.4 Å². The second kappa shape index (κ2) is 24.9. The third kappa shape index (κ3) is 13.3. The van der Waals surface area contributed by atoms with Crippen LogP contribution in [0.5, 0.6) is 0 Å². The number of allylic oxidation sites excluding steroid dienone is 2. The monoisotopic (exact) mass is 1140 g/mol. The molecule has 31 nitrogen and oxygen atoms in total. The number of hydrogen-bond acceptors (Lipinski definition) is 24. The number of nitrogen functional groups attached to an aromatic ring is 1. The molecule has 5 amide bonds. The first-order valence-electron chi connectivity index (χ1n) is 24.0. The van der Waals surface area contributed by atoms with E-state index in [4.69, 9.17) is 26.7 Å². The van der Waals surface area contributed by atoms with E-state index in [-0.39, 0.29) is 88.5 Å². The van der Waals surface area contributed by atoms with Gasteiger partial charge in [0.15, 0.2) is 16.9 Å². The summed E-state index contributed by atoms with van der Waals surface area (Å²) in [5.74, 6) is -10.2. The molecule has 0 spiro atoms. The van der Waals surface area contributed by atoms with E-state index in [2.05, 4.69) is 57.2 Å². The number of benzene rings is 1. The predicted molar refractivity (Wildman–Crippen MR) is 278 cm³/mol. The second-order valence-corrected chi connectivity index (χ2v) is 20.9. The van der Waals surface area contributed by atoms with Gasteiger partial charge in [-0.1, -0.05) is 21.6 Å². The van der Waals surface area contributed by atoms with Gasteiger partial charge in [-0.2, -0.15) is 4.98 Å². The summed E-state index contributed by atoms with van der Waals surface area (Å²) in [6.45, 7) is 1.26. The number of amides is 5. The van der Waals surface area contributed by atoms with Crippen LogP contribution in [0, 0.1) is 5.92 Å². The lowest BCUT2D eigenvalue weighted by atomic mass is 9.82. The first-order chi connectivity index (χ1) is 37.5. The van der Waals surface area contributed by atoms with Crippen molar-refractivity contribution in [2.24, 2.45) is 17.4 Å². The van der Waals surface area contributed by atoms with Crippen LogP contribution in [-0.4, -0.2) is 186 Å². The molecular formula is C46H55N15O16S2. The first-order valence-corrected chi connectivity index (χ1v) is 26.5. The molecule has 2 fully saturated rings. The van der Waals surface area contributed by atoms with Crippen LogP contribution in [0.2, 0.25) is 0 Å². The minimum absolute atomic E-state index is 0.00687. The fourth-order valence-corrected chi connectivity index (χ4v) is 11.2. The maximum Gasteiger partial charge on any atom is 0.404 e. The van der Waals surface area contributed by atoms with E-state index in [0.717, 1.165) is 21.6 Å². The fraction of sp³-hybridized carbons (Fsp3) is 0.435. The second-order valence-electron chi connectivity index (χ2n) is 18.2. The molecule has 17 N–H and O–H groups in total. The zero-order valence-electron chi connectivity index (χ0n) is 42.0. The van der Waals surface area contributed by atoms with Crippen molar-refractivity contribution in [3.05, 3.63) is 74.6 Å². The molecule has 8 atom stereocenters. The Morgan fingerprint density at radius 1 is 0.924 bits per heavy atom. The largest absolute Gasteiger partial charge is 0.481 e. The molecule has 3 aromatic rings. The van der Waals surface area contributed by atoms with Crippen molar-refractivity contribution in [2.75, 3.05) is 55.9 Å². The van der Waals surface area contributed by atoms with Crippen LogP contribution in [0.25, 0.3) is 11.2 Å². The first kappa shape index (κ1) is 58.3. The predicted octanol–water partition coefficient (Wildman–Crippen LogP) is -3.78. The summed E-state index contributed by atoms with van der Waals surface area (Å²) in [7, 11) is 3.60. The Labute approximate surface area is 454 Å². The number of anilines is 2. The Morgan fingerprint density at radius 2 is 1.63 bits per heavy atom. The highest BCUT2D eigenvalue weighted by Crippen LogP contribution is 2.55. The van der Waals surface area contributed by atoms with E-state index in [1.165, 1.54) is 44.5 Å². The molecule has 1 aromatic carbocycles. The number of rotatable bonds is 28. The van der Waals surface area contributed by atoms with Crippen LogP contribution in [0.3, 0.4) is 0 Å². The van der Waals surface area contributed by atoms with Crippen LogP contribution in [0.1, 0.15) is 42.2 Å². The molecule has 4 aliphatic rings. The van der Waals surface area contributed by atoms with Crippen molar-refractivity contribution in [3.63, 3.8) is 0 Å². The number of aromatic nitrogens is 4. The highest BCUT2D eigenvalue weighted by Gasteiger charge is 2.72. The summed E-state index contributed by atoms with van der Waals surface area (Å²) >= 11 is 0. The summed E-state index contributed by atoms with van der Waals surface area (Å²) in [6.07, 6.45) is -1.50. The van der Waals surface area contributed by atoms with E-state index >= 15 is 0 Å². The summed E-state index contributed by atoms with van der Waals surface area (Å²) in [6, 6.07) is -0.832. The summed E-state index contributed by atoms with van der Waals surface area (Å²) in [5.41, 5.74) is 16.5. The summed E-state index contributed by atoms with van der Waals surface area (Å²) < 4.78 is 11.1. The number of nitrogens with two attached hydrogens (primary N) is 3. The number of carbonyl (C=O) groups excluding carboxylic acids is 7. The summed E-state index contributed by atoms with van der Waals surface area (Å²) in [5, 5.41) is 47.5. The Balaban J connectivity index is 0.822. The average molecular weight is 1140 g/mol. The van der Waals surface area contributed by atoms with Gasteiger partial charge in [0.25, 0.3) is 11.5 Å². The highest BCUT2D eigenvalue weighted by atomic mass is 33.1. The third-order valence-corrected chi connectivity index (χ3v) is 15.5. The SMILES string of the molecule is CO[C@@]12[C@H](COC(N)=O)C3=C(C(=O)C(C)=C(NCCSSC[C@H](NC(=O)[C@H](CC(=O)O)NC(=O)[C@@H](N)CNC(=O)CC[C@@H](NC(=O)c4ccc(NCc5cnc6nc(N)[nH]c(=O)c6n5)cc4)C(=O)O)C(=O)O)C3=O)N1CC1N[C@@H]12. The molecule has 1 aliphatic carbocycles. The van der Waals surface area contributed by atoms with Gasteiger partial charge in [0, 0.05) is 73.1 Å². The lowest BCUT2D eigenvalue weighted by molar-refractivity contribution is -0.143. The number of fused-ring (bicyclic) bond motifs is 5. The van der Waals surface area contributed by atoms with E-state index in [9.17, 15) is 68.1 Å². The number of carbonyl (C=O) groups is 10. The number of ether oxygens (including phenoxy) is 2. The molecule has 7 rings (SSSR count). The standard InChI is InChI=1S/C46H55N15O16S2/c1-18-31(35(66)30-22(16-77-45(49)75)46(76-2)36-26(55-36)15-61(46)33(30)34(18)65)50-9-10-78-79-17-27(43(73)74)58-40(69)25(11-29(63)64)57-39(68)23(47)14-52-28(62)8-7-24(42(71)72)56-38(67)19-3-5-20(6-4-19)51-12-21-13-53-37-32(54-21)41(70)60-44(48)59-37/h3-6,13,22-27,36,50-51,55H,7-12,14-17,47H2,1-2H3,(H2,49,75)(H,52,62)(H,56,67)(H,57,68)(H,58,69)(H,63,64)(H,71,72)(H,73,74)(H3,48,53,59,60,70)/t22-,23+,24-,25+,26?,27+,36+,46-/m1/s1. The molecular weight excluding hydrogens is 1080 g/mol. The Kier molecular flexibility index (Phi) is 18.4. The smallest absolute Gasteiger partial charge is 0.404 e. The fourth-order valence-electron chi connectivity index (χ4n) is 9.17. The molecule has 2 saturated heterocycles. The third-order valence-electron chi connectivity index (χ3n) is 13.1. The number of hydrogen-bond donors (Lipinski definition) is 14. The van der Waals surface area contributed by atoms with Crippen molar-refractivity contribution in [3.8, 4) is 0 Å². The number of carboxylic acids is 3. The molecule has 5 heterocycles. The Morgan fingerprint density at radius 3 is 2.30 bits per heavy atom. The van der Waals surface area contributed by atoms with Crippen LogP contribution in [-0.2, 0) is 54.4 Å². The number of H-pyrrole nitrogens is 1. The van der Waals surface area contributed by atoms with Gasteiger partial charge in [-0.15, -0.1) is 0 Å². The van der Waals surface area contributed by atoms with E-state index in [1.807, 2.05) is 0 Å². The van der Waals surface area contributed by atoms with Gasteiger partial charge in [0.05, 0.1) is 48.2 Å².